The molecule has 11 fully saturated rings. The van der Waals surface area contributed by atoms with Crippen LogP contribution in [0.3, 0.4) is 0 Å². The van der Waals surface area contributed by atoms with E-state index in [1.165, 1.54) is 12.8 Å². The van der Waals surface area contributed by atoms with Crippen molar-refractivity contribution in [2.24, 2.45) is 34.5 Å². The molecule has 5 saturated heterocycles. The zero-order valence-corrected chi connectivity index (χ0v) is 59.0. The third kappa shape index (κ3) is 16.0. The van der Waals surface area contributed by atoms with Crippen LogP contribution in [0.5, 0.6) is 23.0 Å². The summed E-state index contributed by atoms with van der Waals surface area (Å²) in [5.41, 5.74) is 4.09. The summed E-state index contributed by atoms with van der Waals surface area (Å²) < 4.78 is 85.3. The number of carbonyl (C=O) groups excluding carboxylic acids is 2. The van der Waals surface area contributed by atoms with Gasteiger partial charge in [-0.3, -0.25) is 0 Å². The fraction of sp³-hybridized carbons (Fsp3) is 0.696. The van der Waals surface area contributed by atoms with Crippen molar-refractivity contribution in [2.45, 2.75) is 214 Å². The molecule has 516 valence electrons. The van der Waals surface area contributed by atoms with Crippen LogP contribution in [-0.2, 0) is 75.8 Å². The van der Waals surface area contributed by atoms with Crippen LogP contribution in [0.1, 0.15) is 168 Å². The molecule has 0 spiro atoms. The predicted molar refractivity (Wildman–Crippen MR) is 354 cm³/mol. The van der Waals surface area contributed by atoms with Crippen LogP contribution >= 0.6 is 15.9 Å². The summed E-state index contributed by atoms with van der Waals surface area (Å²) in [6, 6.07) is 10.7. The van der Waals surface area contributed by atoms with Crippen molar-refractivity contribution < 1.29 is 100 Å². The van der Waals surface area contributed by atoms with Gasteiger partial charge in [-0.2, -0.15) is 0 Å². The van der Waals surface area contributed by atoms with Gasteiger partial charge in [-0.05, 0) is 214 Å². The number of hydrogen-bond donors (Lipinski definition) is 3. The van der Waals surface area contributed by atoms with E-state index in [4.69, 9.17) is 70.6 Å². The molecule has 4 bridgehead atoms. The van der Waals surface area contributed by atoms with E-state index in [0.717, 1.165) is 90.1 Å². The molecule has 21 nitrogen and oxygen atoms in total. The minimum absolute atomic E-state index is 0.0139. The minimum Gasteiger partial charge on any atom is -0.535 e. The van der Waals surface area contributed by atoms with Crippen LogP contribution in [0, 0.1) is 48.3 Å². The normalized spacial score (nSPS) is 27.9. The van der Waals surface area contributed by atoms with Crippen molar-refractivity contribution in [3.05, 3.63) is 80.9 Å². The lowest BCUT2D eigenvalue weighted by molar-refractivity contribution is -0.199. The number of aryl methyl sites for hydroxylation is 3. The highest BCUT2D eigenvalue weighted by Crippen LogP contribution is 2.67. The SMILES string of the molecule is BrCC1OCCO1.Cc1c(CCB2OC3CC4CC(C4(C)C)[C@]3(C)O2)ccc(O)c1C(=O)OC(C)(C)C.Cc1c(CCB2OC3CC4CC(C4(C)C)[C@]3(C)O2)ccc(OCC2OCCO2)c1C(=O)OC(C)(C)C.O=C(O)c1c(OCC2OCCO2)ccc2c1OB(O)CC2. The molecule has 8 atom stereocenters. The summed E-state index contributed by atoms with van der Waals surface area (Å²) >= 11 is 3.23. The Labute approximate surface area is 563 Å². The standard InChI is InChI=1S/C28H41BO7.C24H35BO5.C13H15BO7.C4H7BrO2/c1-17-18(10-11-29-35-22-15-19-14-21(27(19,5)6)28(22,7)36-29)8-9-20(33-16-23-31-12-13-32-23)24(17)25(30)34-26(2,3)4;1-14-15(8-9-17(26)20(14)21(27)28-22(2,3)4)10-11-25-29-19-13-16-12-18(23(16,5)6)24(19,7)30-25;15-13(16)11-9(20-7-10-18-5-6-19-10)2-1-8-3-4-14(17)21-12(8)11;5-3-4-6-1-2-7-4/h8-9,19,21-23H,10-16H2,1-7H3;8-9,16,18-19,26H,10-13H2,1-7H3;1-2,10,17H,3-7H2,(H,15,16);4H,1-3H2/t19?,21?,22?,28-;16?,18?,19?,24-;;/m00../s1. The van der Waals surface area contributed by atoms with E-state index in [-0.39, 0.29) is 91.5 Å². The fourth-order valence-corrected chi connectivity index (χ4v) is 15.9. The molecule has 6 unspecified atom stereocenters. The number of fused-ring (bicyclic) bond motifs is 1. The number of carboxylic acids is 1. The Hall–Kier alpha value is -4.50. The lowest BCUT2D eigenvalue weighted by Gasteiger charge is -2.64. The van der Waals surface area contributed by atoms with Crippen LogP contribution in [0.2, 0.25) is 19.0 Å². The third-order valence-corrected chi connectivity index (χ3v) is 21.4. The van der Waals surface area contributed by atoms with Gasteiger partial charge < -0.3 is 85.9 Å². The molecule has 0 radical (unpaired) electrons. The Morgan fingerprint density at radius 3 is 1.46 bits per heavy atom. The number of aromatic carboxylic acids is 1. The highest BCUT2D eigenvalue weighted by Gasteiger charge is 2.69. The van der Waals surface area contributed by atoms with Gasteiger partial charge in [0.2, 0.25) is 0 Å². The van der Waals surface area contributed by atoms with E-state index in [9.17, 15) is 29.6 Å². The number of carbonyl (C=O) groups is 3. The molecule has 3 aromatic carbocycles. The summed E-state index contributed by atoms with van der Waals surface area (Å²) in [5, 5.41) is 30.0. The second kappa shape index (κ2) is 29.1. The largest absolute Gasteiger partial charge is 0.535 e. The van der Waals surface area contributed by atoms with Crippen molar-refractivity contribution in [3.63, 3.8) is 0 Å². The second-order valence-electron chi connectivity index (χ2n) is 30.0. The summed E-state index contributed by atoms with van der Waals surface area (Å²) in [6.07, 6.45) is 8.02. The number of aromatic hydroxyl groups is 1. The Balaban J connectivity index is 0.000000150. The zero-order valence-electron chi connectivity index (χ0n) is 57.4. The lowest BCUT2D eigenvalue weighted by Crippen LogP contribution is -2.65. The first-order valence-electron chi connectivity index (χ1n) is 33.6. The first kappa shape index (κ1) is 72.3. The molecule has 6 saturated carbocycles. The van der Waals surface area contributed by atoms with Gasteiger partial charge in [-0.25, -0.2) is 14.4 Å². The average Bonchev–Trinajstić information content (AvgIpc) is 1.36. The second-order valence-corrected chi connectivity index (χ2v) is 30.6. The molecule has 6 heterocycles. The van der Waals surface area contributed by atoms with Crippen LogP contribution in [0.25, 0.3) is 0 Å². The number of carboxylic acid groups (broad SMARTS) is 1. The van der Waals surface area contributed by atoms with Gasteiger partial charge in [0, 0.05) is 0 Å². The fourth-order valence-electron chi connectivity index (χ4n) is 15.6. The molecule has 15 rings (SSSR count). The van der Waals surface area contributed by atoms with Crippen molar-refractivity contribution in [3.8, 4) is 23.0 Å². The smallest absolute Gasteiger partial charge is 0.522 e. The number of ether oxygens (including phenoxy) is 10. The first-order valence-corrected chi connectivity index (χ1v) is 34.7. The molecule has 94 heavy (non-hydrogen) atoms. The number of benzene rings is 3. The van der Waals surface area contributed by atoms with Gasteiger partial charge in [-0.15, -0.1) is 0 Å². The maximum absolute atomic E-state index is 13.2. The molecule has 25 heteroatoms. The number of esters is 2. The number of phenols is 1. The van der Waals surface area contributed by atoms with Crippen molar-refractivity contribution in [1.29, 1.82) is 0 Å². The van der Waals surface area contributed by atoms with Gasteiger partial charge in [-0.1, -0.05) is 61.8 Å². The number of alkyl halides is 1. The van der Waals surface area contributed by atoms with E-state index in [1.54, 1.807) is 18.2 Å². The number of phenolic OH excluding ortho intramolecular Hbond substituents is 1. The van der Waals surface area contributed by atoms with Crippen molar-refractivity contribution in [1.82, 2.24) is 0 Å². The molecule has 0 aromatic heterocycles. The predicted octanol–water partition coefficient (Wildman–Crippen LogP) is 11.2. The number of hydrogen-bond acceptors (Lipinski definition) is 20. The Bertz CT molecular complexity index is 3170. The highest BCUT2D eigenvalue weighted by molar-refractivity contribution is 9.09. The topological polar surface area (TPSA) is 250 Å². The lowest BCUT2D eigenvalue weighted by atomic mass is 9.43. The quantitative estimate of drug-likeness (QED) is 0.0685. The monoisotopic (exact) mass is 1370 g/mol. The van der Waals surface area contributed by atoms with Gasteiger partial charge in [0.1, 0.15) is 64.1 Å². The van der Waals surface area contributed by atoms with Gasteiger partial charge in [0.05, 0.1) is 68.4 Å². The Kier molecular flexibility index (Phi) is 22.4. The number of rotatable bonds is 16. The highest BCUT2D eigenvalue weighted by atomic mass is 79.9. The van der Waals surface area contributed by atoms with Gasteiger partial charge in [0.15, 0.2) is 18.9 Å². The van der Waals surface area contributed by atoms with Crippen LogP contribution in [-0.4, -0.2) is 166 Å². The minimum atomic E-state index is -1.16. The summed E-state index contributed by atoms with van der Waals surface area (Å²) in [4.78, 5) is 37.3. The van der Waals surface area contributed by atoms with Crippen molar-refractivity contribution in [2.75, 3.05) is 58.2 Å². The molecule has 3 aromatic rings. The molecular weight excluding hydrogens is 1280 g/mol. The zero-order chi connectivity index (χ0) is 67.9. The molecule has 3 N–H and O–H groups in total. The van der Waals surface area contributed by atoms with Crippen molar-refractivity contribution >= 4 is 55.2 Å². The average molecular weight is 1380 g/mol. The molecular formula is C69H98B3BrO21. The van der Waals surface area contributed by atoms with E-state index in [2.05, 4.69) is 57.5 Å². The molecule has 6 aliphatic carbocycles. The maximum atomic E-state index is 13.2. The van der Waals surface area contributed by atoms with E-state index in [1.807, 2.05) is 73.6 Å². The van der Waals surface area contributed by atoms with Gasteiger partial charge in [0.25, 0.3) is 0 Å². The summed E-state index contributed by atoms with van der Waals surface area (Å²) in [5.74, 6) is 1.31. The Morgan fingerprint density at radius 2 is 1.02 bits per heavy atom. The molecule has 12 aliphatic rings. The van der Waals surface area contributed by atoms with Crippen LogP contribution in [0.4, 0.5) is 0 Å². The number of halogens is 1. The first-order chi connectivity index (χ1) is 44.3. The molecule has 6 aliphatic heterocycles. The van der Waals surface area contributed by atoms with Crippen LogP contribution < -0.4 is 14.1 Å². The van der Waals surface area contributed by atoms with Crippen LogP contribution in [0.15, 0.2) is 36.4 Å². The van der Waals surface area contributed by atoms with E-state index in [0.29, 0.717) is 79.6 Å². The van der Waals surface area contributed by atoms with Gasteiger partial charge >= 0.3 is 39.3 Å². The summed E-state index contributed by atoms with van der Waals surface area (Å²) in [6.45, 7) is 32.7. The Morgan fingerprint density at radius 1 is 0.596 bits per heavy atom. The summed E-state index contributed by atoms with van der Waals surface area (Å²) in [7, 11) is -1.45. The van der Waals surface area contributed by atoms with E-state index < -0.39 is 42.8 Å². The molecule has 0 amide bonds. The maximum Gasteiger partial charge on any atom is 0.522 e. The third-order valence-electron chi connectivity index (χ3n) is 20.9. The van der Waals surface area contributed by atoms with E-state index >= 15 is 0 Å².